The van der Waals surface area contributed by atoms with Gasteiger partial charge in [-0.1, -0.05) is 20.8 Å². The van der Waals surface area contributed by atoms with Gasteiger partial charge < -0.3 is 5.32 Å². The minimum Gasteiger partial charge on any atom is -0.370 e. The van der Waals surface area contributed by atoms with Crippen molar-refractivity contribution in [2.45, 2.75) is 53.9 Å². The van der Waals surface area contributed by atoms with E-state index in [0.717, 1.165) is 60.5 Å². The monoisotopic (exact) mass is 288 g/mol. The van der Waals surface area contributed by atoms with Gasteiger partial charge >= 0.3 is 0 Å². The highest BCUT2D eigenvalue weighted by molar-refractivity contribution is 5.51. The van der Waals surface area contributed by atoms with Gasteiger partial charge in [-0.25, -0.2) is 15.0 Å². The topological polar surface area (TPSA) is 68.5 Å². The van der Waals surface area contributed by atoms with Crippen LogP contribution in [0.4, 0.5) is 5.82 Å². The Bertz CT molecular complexity index is 617. The molecule has 6 heteroatoms. The molecular formula is C15H24N6. The number of hydrogen-bond donors (Lipinski definition) is 1. The van der Waals surface area contributed by atoms with E-state index in [2.05, 4.69) is 46.1 Å². The summed E-state index contributed by atoms with van der Waals surface area (Å²) in [4.78, 5) is 13.6. The van der Waals surface area contributed by atoms with Gasteiger partial charge in [-0.2, -0.15) is 4.68 Å². The van der Waals surface area contributed by atoms with Crippen molar-refractivity contribution in [2.24, 2.45) is 0 Å². The summed E-state index contributed by atoms with van der Waals surface area (Å²) in [7, 11) is 0. The Labute approximate surface area is 126 Å². The number of nitrogens with one attached hydrogen (secondary N) is 1. The minimum absolute atomic E-state index is 0.741. The van der Waals surface area contributed by atoms with E-state index in [1.165, 1.54) is 0 Å². The molecule has 2 heterocycles. The van der Waals surface area contributed by atoms with Crippen LogP contribution >= 0.6 is 0 Å². The van der Waals surface area contributed by atoms with E-state index in [1.807, 2.05) is 18.5 Å². The fourth-order valence-electron chi connectivity index (χ4n) is 2.18. The molecule has 0 atom stereocenters. The van der Waals surface area contributed by atoms with E-state index in [9.17, 15) is 0 Å². The number of nitrogens with zero attached hydrogens (tertiary/aromatic N) is 5. The fourth-order valence-corrected chi connectivity index (χ4v) is 2.18. The molecular weight excluding hydrogens is 264 g/mol. The number of hydrogen-bond acceptors (Lipinski definition) is 5. The van der Waals surface area contributed by atoms with Gasteiger partial charge in [0, 0.05) is 24.9 Å². The summed E-state index contributed by atoms with van der Waals surface area (Å²) in [6.07, 6.45) is 2.71. The zero-order chi connectivity index (χ0) is 15.4. The molecule has 0 aliphatic heterocycles. The number of aryl methyl sites for hydroxylation is 3. The van der Waals surface area contributed by atoms with Crippen molar-refractivity contribution in [1.82, 2.24) is 24.7 Å². The van der Waals surface area contributed by atoms with Crippen LogP contribution in [0.2, 0.25) is 0 Å². The average molecular weight is 288 g/mol. The summed E-state index contributed by atoms with van der Waals surface area (Å²) in [6, 6.07) is 0. The Balaban J connectivity index is 2.52. The molecule has 2 aromatic heterocycles. The van der Waals surface area contributed by atoms with E-state index in [1.54, 1.807) is 0 Å². The number of aromatic nitrogens is 5. The molecule has 0 bridgehead atoms. The first-order chi connectivity index (χ1) is 10.1. The van der Waals surface area contributed by atoms with Crippen molar-refractivity contribution in [1.29, 1.82) is 0 Å². The summed E-state index contributed by atoms with van der Waals surface area (Å²) in [6.45, 7) is 11.1. The van der Waals surface area contributed by atoms with Crippen molar-refractivity contribution >= 4 is 5.82 Å². The molecule has 0 aliphatic carbocycles. The van der Waals surface area contributed by atoms with Gasteiger partial charge in [-0.15, -0.1) is 5.10 Å². The van der Waals surface area contributed by atoms with Gasteiger partial charge in [-0.05, 0) is 20.3 Å². The third-order valence-corrected chi connectivity index (χ3v) is 3.33. The standard InChI is InChI=1S/C15H24N6/c1-6-9-16-14-10(4)15(18-11(5)17-14)21-13(8-3)19-12(7-2)20-21/h6-9H2,1-5H3,(H,16,17,18). The molecule has 6 nitrogen and oxygen atoms in total. The lowest BCUT2D eigenvalue weighted by molar-refractivity contribution is 0.753. The first-order valence-corrected chi connectivity index (χ1v) is 7.64. The maximum atomic E-state index is 4.58. The van der Waals surface area contributed by atoms with Gasteiger partial charge in [0.2, 0.25) is 0 Å². The van der Waals surface area contributed by atoms with Crippen molar-refractivity contribution < 1.29 is 0 Å². The third-order valence-electron chi connectivity index (χ3n) is 3.33. The highest BCUT2D eigenvalue weighted by Gasteiger charge is 2.16. The zero-order valence-corrected chi connectivity index (χ0v) is 13.6. The Morgan fingerprint density at radius 1 is 1.00 bits per heavy atom. The van der Waals surface area contributed by atoms with E-state index >= 15 is 0 Å². The van der Waals surface area contributed by atoms with Gasteiger partial charge in [-0.3, -0.25) is 0 Å². The van der Waals surface area contributed by atoms with Crippen LogP contribution in [0, 0.1) is 13.8 Å². The van der Waals surface area contributed by atoms with Crippen molar-refractivity contribution in [3.8, 4) is 5.82 Å². The fraction of sp³-hybridized carbons (Fsp3) is 0.600. The molecule has 0 saturated heterocycles. The minimum atomic E-state index is 0.741. The molecule has 21 heavy (non-hydrogen) atoms. The van der Waals surface area contributed by atoms with Crippen molar-refractivity contribution in [2.75, 3.05) is 11.9 Å². The lowest BCUT2D eigenvalue weighted by Crippen LogP contribution is -2.13. The maximum Gasteiger partial charge on any atom is 0.164 e. The Hall–Kier alpha value is -1.98. The summed E-state index contributed by atoms with van der Waals surface area (Å²) in [5.74, 6) is 4.24. The van der Waals surface area contributed by atoms with Crippen LogP contribution in [0.3, 0.4) is 0 Å². The largest absolute Gasteiger partial charge is 0.370 e. The quantitative estimate of drug-likeness (QED) is 0.885. The van der Waals surface area contributed by atoms with Crippen LogP contribution in [-0.4, -0.2) is 31.3 Å². The second-order valence-electron chi connectivity index (χ2n) is 5.06. The van der Waals surface area contributed by atoms with E-state index in [-0.39, 0.29) is 0 Å². The predicted molar refractivity (Wildman–Crippen MR) is 84.0 cm³/mol. The molecule has 0 unspecified atom stereocenters. The van der Waals surface area contributed by atoms with Crippen molar-refractivity contribution in [3.05, 3.63) is 23.0 Å². The Kier molecular flexibility index (Phi) is 4.88. The molecule has 0 amide bonds. The van der Waals surface area contributed by atoms with Crippen LogP contribution in [0.1, 0.15) is 50.2 Å². The van der Waals surface area contributed by atoms with Gasteiger partial charge in [0.25, 0.3) is 0 Å². The van der Waals surface area contributed by atoms with Crippen LogP contribution < -0.4 is 5.32 Å². The molecule has 2 aromatic rings. The summed E-state index contributed by atoms with van der Waals surface area (Å²) in [5.41, 5.74) is 1.01. The second-order valence-corrected chi connectivity index (χ2v) is 5.06. The SMILES string of the molecule is CCCNc1nc(C)nc(-n2nc(CC)nc2CC)c1C. The Morgan fingerprint density at radius 3 is 2.38 bits per heavy atom. The Morgan fingerprint density at radius 2 is 1.76 bits per heavy atom. The highest BCUT2D eigenvalue weighted by Crippen LogP contribution is 2.20. The highest BCUT2D eigenvalue weighted by atomic mass is 15.4. The molecule has 114 valence electrons. The number of anilines is 1. The molecule has 0 radical (unpaired) electrons. The third kappa shape index (κ3) is 3.20. The number of rotatable bonds is 6. The van der Waals surface area contributed by atoms with Crippen LogP contribution in [0.5, 0.6) is 0 Å². The van der Waals surface area contributed by atoms with Gasteiger partial charge in [0.05, 0.1) is 0 Å². The summed E-state index contributed by atoms with van der Waals surface area (Å²) < 4.78 is 1.86. The predicted octanol–water partition coefficient (Wildman–Crippen LogP) is 2.62. The van der Waals surface area contributed by atoms with E-state index < -0.39 is 0 Å². The lowest BCUT2D eigenvalue weighted by atomic mass is 10.3. The first kappa shape index (κ1) is 15.4. The van der Waals surface area contributed by atoms with Crippen LogP contribution in [-0.2, 0) is 12.8 Å². The average Bonchev–Trinajstić information content (AvgIpc) is 2.91. The lowest BCUT2D eigenvalue weighted by Gasteiger charge is -2.13. The van der Waals surface area contributed by atoms with E-state index in [0.29, 0.717) is 0 Å². The second kappa shape index (κ2) is 6.65. The molecule has 0 fully saturated rings. The summed E-state index contributed by atoms with van der Waals surface area (Å²) >= 11 is 0. The van der Waals surface area contributed by atoms with E-state index in [4.69, 9.17) is 0 Å². The van der Waals surface area contributed by atoms with Gasteiger partial charge in [0.1, 0.15) is 17.5 Å². The summed E-state index contributed by atoms with van der Waals surface area (Å²) in [5, 5.41) is 7.94. The smallest absolute Gasteiger partial charge is 0.164 e. The molecule has 0 aromatic carbocycles. The van der Waals surface area contributed by atoms with Crippen LogP contribution in [0.25, 0.3) is 5.82 Å². The molecule has 0 spiro atoms. The molecule has 2 rings (SSSR count). The normalized spacial score (nSPS) is 10.9. The molecule has 0 saturated carbocycles. The molecule has 0 aliphatic rings. The maximum absolute atomic E-state index is 4.58. The van der Waals surface area contributed by atoms with Crippen molar-refractivity contribution in [3.63, 3.8) is 0 Å². The van der Waals surface area contributed by atoms with Crippen LogP contribution in [0.15, 0.2) is 0 Å². The molecule has 1 N–H and O–H groups in total. The van der Waals surface area contributed by atoms with Gasteiger partial charge in [0.15, 0.2) is 11.6 Å². The zero-order valence-electron chi connectivity index (χ0n) is 13.6. The first-order valence-electron chi connectivity index (χ1n) is 7.64.